The number of carbonyl (C=O) groups excluding carboxylic acids is 2. The van der Waals surface area contributed by atoms with Crippen molar-refractivity contribution in [3.63, 3.8) is 0 Å². The van der Waals surface area contributed by atoms with Crippen LogP contribution >= 0.6 is 0 Å². The molecule has 0 radical (unpaired) electrons. The van der Waals surface area contributed by atoms with Gasteiger partial charge in [-0.3, -0.25) is 9.59 Å². The first-order valence-electron chi connectivity index (χ1n) is 8.59. The van der Waals surface area contributed by atoms with Gasteiger partial charge in [0.25, 0.3) is 5.91 Å². The van der Waals surface area contributed by atoms with E-state index in [1.807, 2.05) is 20.8 Å². The monoisotopic (exact) mass is 333 g/mol. The van der Waals surface area contributed by atoms with E-state index >= 15 is 0 Å². The van der Waals surface area contributed by atoms with Crippen molar-refractivity contribution in [3.8, 4) is 5.75 Å². The third-order valence-electron chi connectivity index (χ3n) is 4.61. The minimum atomic E-state index is -0.308. The summed E-state index contributed by atoms with van der Waals surface area (Å²) in [6.07, 6.45) is 0.471. The SMILES string of the molecule is CCOc1ccc(N2C(=O)C[C@@H]([NH+]3C[C@@H](C)O[C@H](C)C3)C2=O)cc1. The van der Waals surface area contributed by atoms with Crippen LogP contribution in [0.5, 0.6) is 5.75 Å². The van der Waals surface area contributed by atoms with E-state index in [-0.39, 0.29) is 36.5 Å². The fraction of sp³-hybridized carbons (Fsp3) is 0.556. The lowest BCUT2D eigenvalue weighted by atomic mass is 10.1. The summed E-state index contributed by atoms with van der Waals surface area (Å²) in [4.78, 5) is 27.8. The Hall–Kier alpha value is -1.92. The predicted octanol–water partition coefficient (Wildman–Crippen LogP) is 0.409. The maximum absolute atomic E-state index is 12.9. The highest BCUT2D eigenvalue weighted by Gasteiger charge is 2.47. The zero-order valence-electron chi connectivity index (χ0n) is 14.5. The summed E-state index contributed by atoms with van der Waals surface area (Å²) in [7, 11) is 0. The topological polar surface area (TPSA) is 60.3 Å². The Morgan fingerprint density at radius 1 is 1.17 bits per heavy atom. The second-order valence-corrected chi connectivity index (χ2v) is 6.57. The molecule has 2 fully saturated rings. The maximum atomic E-state index is 12.9. The van der Waals surface area contributed by atoms with Gasteiger partial charge in [0.05, 0.1) is 18.7 Å². The molecule has 0 spiro atoms. The van der Waals surface area contributed by atoms with Crippen LogP contribution in [0, 0.1) is 0 Å². The number of nitrogens with zero attached hydrogens (tertiary/aromatic N) is 1. The molecule has 3 rings (SSSR count). The maximum Gasteiger partial charge on any atom is 0.292 e. The van der Waals surface area contributed by atoms with Crippen LogP contribution in [0.3, 0.4) is 0 Å². The van der Waals surface area contributed by atoms with Gasteiger partial charge in [0, 0.05) is 0 Å². The summed E-state index contributed by atoms with van der Waals surface area (Å²) < 4.78 is 11.2. The summed E-state index contributed by atoms with van der Waals surface area (Å²) >= 11 is 0. The molecule has 1 aromatic carbocycles. The molecule has 6 heteroatoms. The molecule has 2 saturated heterocycles. The number of hydrogen-bond donors (Lipinski definition) is 1. The van der Waals surface area contributed by atoms with Crippen LogP contribution in [-0.4, -0.2) is 49.8 Å². The largest absolute Gasteiger partial charge is 0.494 e. The molecule has 2 aliphatic rings. The van der Waals surface area contributed by atoms with E-state index in [0.717, 1.165) is 23.7 Å². The van der Waals surface area contributed by atoms with Crippen molar-refractivity contribution >= 4 is 17.5 Å². The van der Waals surface area contributed by atoms with Gasteiger partial charge in [0.2, 0.25) is 5.91 Å². The zero-order chi connectivity index (χ0) is 17.3. The Labute approximate surface area is 142 Å². The van der Waals surface area contributed by atoms with Crippen molar-refractivity contribution in [3.05, 3.63) is 24.3 Å². The van der Waals surface area contributed by atoms with Crippen molar-refractivity contribution in [1.29, 1.82) is 0 Å². The van der Waals surface area contributed by atoms with Crippen molar-refractivity contribution in [1.82, 2.24) is 0 Å². The Kier molecular flexibility index (Phi) is 4.87. The Bertz CT molecular complexity index is 606. The van der Waals surface area contributed by atoms with Gasteiger partial charge in [-0.15, -0.1) is 0 Å². The van der Waals surface area contributed by atoms with Gasteiger partial charge in [-0.2, -0.15) is 0 Å². The molecule has 2 amide bonds. The van der Waals surface area contributed by atoms with Gasteiger partial charge in [0.1, 0.15) is 31.0 Å². The van der Waals surface area contributed by atoms with Crippen molar-refractivity contribution in [2.24, 2.45) is 0 Å². The van der Waals surface area contributed by atoms with Crippen LogP contribution < -0.4 is 14.5 Å². The first-order chi connectivity index (χ1) is 11.5. The van der Waals surface area contributed by atoms with E-state index < -0.39 is 0 Å². The molecule has 0 bridgehead atoms. The highest BCUT2D eigenvalue weighted by Crippen LogP contribution is 2.24. The van der Waals surface area contributed by atoms with E-state index in [9.17, 15) is 9.59 Å². The molecule has 2 aliphatic heterocycles. The van der Waals surface area contributed by atoms with E-state index in [0.29, 0.717) is 12.3 Å². The molecule has 0 unspecified atom stereocenters. The molecule has 0 aliphatic carbocycles. The summed E-state index contributed by atoms with van der Waals surface area (Å²) in [5.41, 5.74) is 0.615. The lowest BCUT2D eigenvalue weighted by molar-refractivity contribution is -0.929. The molecule has 1 N–H and O–H groups in total. The molecule has 24 heavy (non-hydrogen) atoms. The smallest absolute Gasteiger partial charge is 0.292 e. The fourth-order valence-corrected chi connectivity index (χ4v) is 3.68. The molecular weight excluding hydrogens is 308 g/mol. The van der Waals surface area contributed by atoms with Crippen LogP contribution in [0.4, 0.5) is 5.69 Å². The minimum Gasteiger partial charge on any atom is -0.494 e. The summed E-state index contributed by atoms with van der Waals surface area (Å²) in [6.45, 7) is 8.04. The standard InChI is InChI=1S/C18H24N2O4/c1-4-23-15-7-5-14(6-8-15)20-17(21)9-16(18(20)22)19-10-12(2)24-13(3)11-19/h5-8,12-13,16H,4,9-11H2,1-3H3/p+1/t12-,13-,16-/m1/s1. The molecule has 3 atom stereocenters. The number of hydrogen-bond acceptors (Lipinski definition) is 4. The molecule has 1 aromatic rings. The van der Waals surface area contributed by atoms with Gasteiger partial charge < -0.3 is 14.4 Å². The van der Waals surface area contributed by atoms with E-state index in [4.69, 9.17) is 9.47 Å². The predicted molar refractivity (Wildman–Crippen MR) is 89.2 cm³/mol. The number of amides is 2. The first kappa shape index (κ1) is 16.9. The number of anilines is 1. The quantitative estimate of drug-likeness (QED) is 0.811. The normalized spacial score (nSPS) is 30.7. The molecule has 6 nitrogen and oxygen atoms in total. The molecule has 2 heterocycles. The number of carbonyl (C=O) groups is 2. The first-order valence-corrected chi connectivity index (χ1v) is 8.59. The average molecular weight is 333 g/mol. The fourth-order valence-electron chi connectivity index (χ4n) is 3.68. The van der Waals surface area contributed by atoms with Crippen LogP contribution in [0.2, 0.25) is 0 Å². The van der Waals surface area contributed by atoms with Gasteiger partial charge in [0.15, 0.2) is 6.04 Å². The summed E-state index contributed by atoms with van der Waals surface area (Å²) in [6, 6.07) is 6.81. The van der Waals surface area contributed by atoms with Crippen molar-refractivity contribution in [2.75, 3.05) is 24.6 Å². The third kappa shape index (κ3) is 3.30. The van der Waals surface area contributed by atoms with Crippen LogP contribution in [0.1, 0.15) is 27.2 Å². The third-order valence-corrected chi connectivity index (χ3v) is 4.61. The van der Waals surface area contributed by atoms with Crippen LogP contribution in [0.15, 0.2) is 24.3 Å². The number of imide groups is 1. The second kappa shape index (κ2) is 6.91. The molecule has 0 saturated carbocycles. The van der Waals surface area contributed by atoms with Gasteiger partial charge >= 0.3 is 0 Å². The lowest BCUT2D eigenvalue weighted by Gasteiger charge is -2.34. The highest BCUT2D eigenvalue weighted by atomic mass is 16.5. The molecule has 130 valence electrons. The highest BCUT2D eigenvalue weighted by molar-refractivity contribution is 6.21. The summed E-state index contributed by atoms with van der Waals surface area (Å²) in [5.74, 6) is 0.493. The average Bonchev–Trinajstić information content (AvgIpc) is 2.83. The minimum absolute atomic E-state index is 0.103. The number of rotatable bonds is 4. The Balaban J connectivity index is 1.76. The number of ether oxygens (including phenoxy) is 2. The van der Waals surface area contributed by atoms with E-state index in [1.165, 1.54) is 4.90 Å². The van der Waals surface area contributed by atoms with Gasteiger partial charge in [-0.1, -0.05) is 0 Å². The Morgan fingerprint density at radius 2 is 1.79 bits per heavy atom. The Morgan fingerprint density at radius 3 is 2.38 bits per heavy atom. The van der Waals surface area contributed by atoms with E-state index in [2.05, 4.69) is 0 Å². The van der Waals surface area contributed by atoms with Crippen molar-refractivity contribution in [2.45, 2.75) is 45.4 Å². The van der Waals surface area contributed by atoms with Gasteiger partial charge in [-0.05, 0) is 45.0 Å². The second-order valence-electron chi connectivity index (χ2n) is 6.57. The number of nitrogens with one attached hydrogen (secondary N) is 1. The molecular formula is C18H25N2O4+. The number of quaternary nitrogens is 1. The number of benzene rings is 1. The van der Waals surface area contributed by atoms with Crippen LogP contribution in [-0.2, 0) is 14.3 Å². The van der Waals surface area contributed by atoms with Gasteiger partial charge in [-0.25, -0.2) is 4.90 Å². The summed E-state index contributed by atoms with van der Waals surface area (Å²) in [5, 5.41) is 0. The lowest BCUT2D eigenvalue weighted by Crippen LogP contribution is -3.19. The molecule has 0 aromatic heterocycles. The zero-order valence-corrected chi connectivity index (χ0v) is 14.5. The van der Waals surface area contributed by atoms with E-state index in [1.54, 1.807) is 24.3 Å². The van der Waals surface area contributed by atoms with Crippen molar-refractivity contribution < 1.29 is 24.0 Å². The van der Waals surface area contributed by atoms with Crippen LogP contribution in [0.25, 0.3) is 0 Å². The number of morpholine rings is 1.